The zero-order valence-corrected chi connectivity index (χ0v) is 15.0. The van der Waals surface area contributed by atoms with Crippen LogP contribution in [0.4, 0.5) is 0 Å². The fraction of sp³-hybridized carbons (Fsp3) is 0.650. The monoisotopic (exact) mass is 318 g/mol. The Morgan fingerprint density at radius 3 is 2.26 bits per heavy atom. The first-order valence-electron chi connectivity index (χ1n) is 9.16. The fourth-order valence-electron chi connectivity index (χ4n) is 2.72. The summed E-state index contributed by atoms with van der Waals surface area (Å²) in [7, 11) is 0. The molecule has 3 heteroatoms. The maximum atomic E-state index is 11.3. The van der Waals surface area contributed by atoms with Gasteiger partial charge in [0.05, 0.1) is 0 Å². The summed E-state index contributed by atoms with van der Waals surface area (Å²) in [5.74, 6) is 0.145. The van der Waals surface area contributed by atoms with Crippen molar-refractivity contribution in [2.24, 2.45) is 0 Å². The number of benzene rings is 1. The van der Waals surface area contributed by atoms with Gasteiger partial charge >= 0.3 is 0 Å². The Morgan fingerprint density at radius 1 is 1.04 bits per heavy atom. The molecule has 0 aliphatic heterocycles. The summed E-state index contributed by atoms with van der Waals surface area (Å²) in [6, 6.07) is 6.34. The van der Waals surface area contributed by atoms with Crippen molar-refractivity contribution in [1.82, 2.24) is 5.73 Å². The molecule has 0 heterocycles. The molecule has 0 spiro atoms. The molecular weight excluding hydrogens is 286 g/mol. The minimum absolute atomic E-state index is 0.537. The highest BCUT2D eigenvalue weighted by molar-refractivity contribution is 5.78. The predicted octanol–water partition coefficient (Wildman–Crippen LogP) is 5.12. The summed E-state index contributed by atoms with van der Waals surface area (Å²) in [6.07, 6.45) is 9.20. The van der Waals surface area contributed by atoms with Crippen molar-refractivity contribution in [1.29, 1.82) is 0 Å². The van der Waals surface area contributed by atoms with Gasteiger partial charge in [-0.2, -0.15) is 0 Å². The largest absolute Gasteiger partial charge is 0.480 e. The van der Waals surface area contributed by atoms with E-state index in [1.807, 2.05) is 13.0 Å². The molecule has 0 bridgehead atoms. The number of ether oxygens (including phenoxy) is 1. The Bertz CT molecular complexity index is 471. The van der Waals surface area contributed by atoms with Crippen molar-refractivity contribution in [3.63, 3.8) is 0 Å². The molecule has 1 amide bonds. The van der Waals surface area contributed by atoms with Crippen LogP contribution in [-0.4, -0.2) is 12.0 Å². The zero-order chi connectivity index (χ0) is 17.1. The Labute approximate surface area is 141 Å². The average Bonchev–Trinajstić information content (AvgIpc) is 2.54. The normalized spacial score (nSPS) is 12.1. The third kappa shape index (κ3) is 7.06. The van der Waals surface area contributed by atoms with Crippen LogP contribution in [-0.2, 0) is 17.6 Å². The molecular formula is C20H32NO2. The number of hydrogen-bond donors (Lipinski definition) is 0. The predicted molar refractivity (Wildman–Crippen MR) is 95.7 cm³/mol. The second-order valence-electron chi connectivity index (χ2n) is 6.24. The lowest BCUT2D eigenvalue weighted by Gasteiger charge is -2.18. The molecule has 1 aromatic rings. The van der Waals surface area contributed by atoms with E-state index in [0.717, 1.165) is 25.0 Å². The Morgan fingerprint density at radius 2 is 1.70 bits per heavy atom. The van der Waals surface area contributed by atoms with Crippen LogP contribution < -0.4 is 10.5 Å². The van der Waals surface area contributed by atoms with Gasteiger partial charge in [-0.1, -0.05) is 58.6 Å². The van der Waals surface area contributed by atoms with Crippen molar-refractivity contribution in [2.75, 3.05) is 0 Å². The lowest BCUT2D eigenvalue weighted by Crippen LogP contribution is -2.27. The molecule has 0 aliphatic carbocycles. The van der Waals surface area contributed by atoms with E-state index in [4.69, 9.17) is 10.5 Å². The fourth-order valence-corrected chi connectivity index (χ4v) is 2.72. The maximum Gasteiger partial charge on any atom is 0.279 e. The van der Waals surface area contributed by atoms with Gasteiger partial charge in [0.2, 0.25) is 0 Å². The number of carbonyl (C=O) groups excluding carboxylic acids is 1. The van der Waals surface area contributed by atoms with E-state index < -0.39 is 12.0 Å². The molecule has 1 N–H and O–H groups in total. The molecule has 1 unspecified atom stereocenters. The van der Waals surface area contributed by atoms with Crippen LogP contribution in [0.3, 0.4) is 0 Å². The van der Waals surface area contributed by atoms with Crippen LogP contribution >= 0.6 is 0 Å². The highest BCUT2D eigenvalue weighted by Gasteiger charge is 2.17. The van der Waals surface area contributed by atoms with Gasteiger partial charge in [-0.15, -0.1) is 0 Å². The minimum Gasteiger partial charge on any atom is -0.480 e. The Hall–Kier alpha value is -1.51. The summed E-state index contributed by atoms with van der Waals surface area (Å²) in [5, 5.41) is 0. The molecule has 0 aliphatic rings. The average molecular weight is 318 g/mol. The van der Waals surface area contributed by atoms with Crippen molar-refractivity contribution in [3.8, 4) is 5.75 Å². The van der Waals surface area contributed by atoms with Crippen molar-refractivity contribution < 1.29 is 9.53 Å². The van der Waals surface area contributed by atoms with E-state index in [-0.39, 0.29) is 0 Å². The summed E-state index contributed by atoms with van der Waals surface area (Å²) in [6.45, 7) is 6.30. The highest BCUT2D eigenvalue weighted by atomic mass is 16.5. The number of nitrogens with one attached hydrogen (secondary N) is 1. The molecule has 1 aromatic carbocycles. The number of rotatable bonds is 12. The second kappa shape index (κ2) is 11.1. The second-order valence-corrected chi connectivity index (χ2v) is 6.24. The summed E-state index contributed by atoms with van der Waals surface area (Å²) >= 11 is 0. The number of unbranched alkanes of at least 4 members (excludes halogenated alkanes) is 4. The Balaban J connectivity index is 2.86. The van der Waals surface area contributed by atoms with E-state index in [1.165, 1.54) is 43.2 Å². The van der Waals surface area contributed by atoms with E-state index in [1.54, 1.807) is 0 Å². The summed E-state index contributed by atoms with van der Waals surface area (Å²) in [4.78, 5) is 11.3. The van der Waals surface area contributed by atoms with E-state index >= 15 is 0 Å². The number of hydrogen-bond acceptors (Lipinski definition) is 2. The Kier molecular flexibility index (Phi) is 9.42. The van der Waals surface area contributed by atoms with Crippen LogP contribution in [0, 0.1) is 0 Å². The number of amides is 1. The van der Waals surface area contributed by atoms with E-state index in [0.29, 0.717) is 6.42 Å². The quantitative estimate of drug-likeness (QED) is 0.502. The van der Waals surface area contributed by atoms with Crippen LogP contribution in [0.15, 0.2) is 18.2 Å². The van der Waals surface area contributed by atoms with Crippen molar-refractivity contribution in [2.45, 2.75) is 84.7 Å². The molecule has 1 rings (SSSR count). The first kappa shape index (κ1) is 19.5. The van der Waals surface area contributed by atoms with Crippen LogP contribution in [0.5, 0.6) is 5.75 Å². The van der Waals surface area contributed by atoms with E-state index in [9.17, 15) is 4.79 Å². The van der Waals surface area contributed by atoms with Crippen molar-refractivity contribution in [3.05, 3.63) is 29.3 Å². The summed E-state index contributed by atoms with van der Waals surface area (Å²) in [5.41, 5.74) is 9.85. The first-order valence-corrected chi connectivity index (χ1v) is 9.16. The SMILES string of the molecule is CCCCCc1ccc(OC(CC)C([NH])=O)c(CCCCC)c1. The highest BCUT2D eigenvalue weighted by Crippen LogP contribution is 2.25. The maximum absolute atomic E-state index is 11.3. The molecule has 0 saturated carbocycles. The molecule has 129 valence electrons. The topological polar surface area (TPSA) is 50.1 Å². The molecule has 0 saturated heterocycles. The third-order valence-electron chi connectivity index (χ3n) is 4.18. The molecule has 23 heavy (non-hydrogen) atoms. The van der Waals surface area contributed by atoms with Crippen molar-refractivity contribution >= 4 is 5.91 Å². The molecule has 0 fully saturated rings. The zero-order valence-electron chi connectivity index (χ0n) is 15.0. The summed E-state index contributed by atoms with van der Waals surface area (Å²) < 4.78 is 5.83. The van der Waals surface area contributed by atoms with Gasteiger partial charge in [0.25, 0.3) is 5.91 Å². The number of aryl methyl sites for hydroxylation is 2. The molecule has 1 radical (unpaired) electrons. The van der Waals surface area contributed by atoms with Gasteiger partial charge in [-0.3, -0.25) is 10.5 Å². The molecule has 0 aromatic heterocycles. The van der Waals surface area contributed by atoms with Gasteiger partial charge < -0.3 is 4.74 Å². The van der Waals surface area contributed by atoms with Gasteiger partial charge in [0.15, 0.2) is 6.10 Å². The van der Waals surface area contributed by atoms with Crippen LogP contribution in [0.25, 0.3) is 0 Å². The minimum atomic E-state index is -0.647. The smallest absolute Gasteiger partial charge is 0.279 e. The first-order chi connectivity index (χ1) is 11.1. The van der Waals surface area contributed by atoms with E-state index in [2.05, 4.69) is 26.0 Å². The lowest BCUT2D eigenvalue weighted by atomic mass is 10.00. The molecule has 3 nitrogen and oxygen atoms in total. The number of carbonyl (C=O) groups is 1. The standard InChI is InChI=1S/C20H32NO2/c1-4-7-9-11-16-13-14-19(23-18(6-3)20(21)22)17(15-16)12-10-8-5-2/h13-15,18,21H,4-12H2,1-3H3. The van der Waals surface area contributed by atoms with Gasteiger partial charge in [0, 0.05) is 0 Å². The van der Waals surface area contributed by atoms with Gasteiger partial charge in [0.1, 0.15) is 5.75 Å². The lowest BCUT2D eigenvalue weighted by molar-refractivity contribution is -0.125. The van der Waals surface area contributed by atoms with Gasteiger partial charge in [-0.05, 0) is 49.3 Å². The third-order valence-corrected chi connectivity index (χ3v) is 4.18. The van der Waals surface area contributed by atoms with Gasteiger partial charge in [-0.25, -0.2) is 0 Å². The molecule has 1 atom stereocenters. The van der Waals surface area contributed by atoms with Crippen LogP contribution in [0.2, 0.25) is 0 Å². The van der Waals surface area contributed by atoms with Crippen LogP contribution in [0.1, 0.15) is 76.8 Å².